The number of rotatable bonds is 6. The van der Waals surface area contributed by atoms with E-state index >= 15 is 0 Å². The highest BCUT2D eigenvalue weighted by atomic mass is 35.5. The number of hydrogen-bond acceptors (Lipinski definition) is 5. The van der Waals surface area contributed by atoms with Gasteiger partial charge in [-0.15, -0.1) is 10.2 Å². The van der Waals surface area contributed by atoms with Gasteiger partial charge in [-0.05, 0) is 48.2 Å². The van der Waals surface area contributed by atoms with Gasteiger partial charge < -0.3 is 10.7 Å². The van der Waals surface area contributed by atoms with E-state index in [1.807, 2.05) is 4.68 Å². The van der Waals surface area contributed by atoms with E-state index in [1.165, 1.54) is 17.3 Å². The number of halogens is 1. The Morgan fingerprint density at radius 3 is 2.53 bits per heavy atom. The number of fused-ring (bicyclic) bond motifs is 1. The second-order valence-electron chi connectivity index (χ2n) is 7.22. The van der Waals surface area contributed by atoms with Gasteiger partial charge in [-0.25, -0.2) is 4.68 Å². The van der Waals surface area contributed by atoms with Crippen molar-refractivity contribution in [1.29, 1.82) is 0 Å². The second-order valence-corrected chi connectivity index (χ2v) is 8.77. The van der Waals surface area contributed by atoms with Crippen molar-refractivity contribution in [3.8, 4) is 0 Å². The highest BCUT2D eigenvalue weighted by Gasteiger charge is 2.37. The maximum absolute atomic E-state index is 13.2. The van der Waals surface area contributed by atoms with E-state index in [-0.39, 0.29) is 11.9 Å². The molecular formula is C22H24ClN5OS. The van der Waals surface area contributed by atoms with E-state index in [9.17, 15) is 4.79 Å². The molecule has 2 atom stereocenters. The van der Waals surface area contributed by atoms with Crippen molar-refractivity contribution in [1.82, 2.24) is 14.9 Å². The first kappa shape index (κ1) is 20.8. The van der Waals surface area contributed by atoms with Gasteiger partial charge in [-0.2, -0.15) is 0 Å². The normalized spacial score (nSPS) is 17.8. The largest absolute Gasteiger partial charge is 0.325 e. The molecule has 3 aromatic rings. The van der Waals surface area contributed by atoms with Crippen LogP contribution in [0.5, 0.6) is 0 Å². The standard InChI is InChI=1S/C22H24ClN5OS/c1-3-5-18-25-26-22-28(18)27-19(15-8-6-14(4-2)7-9-15)20(30-22)21(29)24-17-12-10-16(23)11-13-17/h6-13,19-20,27H,3-5H2,1-2H3,(H,24,29)/t19-,20-/m1/s1. The van der Waals surface area contributed by atoms with Gasteiger partial charge in [-0.1, -0.05) is 61.5 Å². The summed E-state index contributed by atoms with van der Waals surface area (Å²) in [5.74, 6) is 0.789. The molecule has 0 fully saturated rings. The minimum absolute atomic E-state index is 0.0920. The molecular weight excluding hydrogens is 418 g/mol. The molecule has 0 radical (unpaired) electrons. The molecule has 1 amide bonds. The Morgan fingerprint density at radius 1 is 1.13 bits per heavy atom. The molecule has 0 aliphatic carbocycles. The zero-order valence-electron chi connectivity index (χ0n) is 16.9. The van der Waals surface area contributed by atoms with Crippen molar-refractivity contribution >= 4 is 35.0 Å². The zero-order chi connectivity index (χ0) is 21.1. The van der Waals surface area contributed by atoms with Crippen LogP contribution >= 0.6 is 23.4 Å². The van der Waals surface area contributed by atoms with E-state index in [0.29, 0.717) is 15.9 Å². The second kappa shape index (κ2) is 9.10. The Bertz CT molecular complexity index is 1020. The van der Waals surface area contributed by atoms with Gasteiger partial charge in [0.15, 0.2) is 5.82 Å². The number of anilines is 1. The van der Waals surface area contributed by atoms with Gasteiger partial charge in [0.25, 0.3) is 0 Å². The summed E-state index contributed by atoms with van der Waals surface area (Å²) in [7, 11) is 0. The van der Waals surface area contributed by atoms with Gasteiger partial charge in [-0.3, -0.25) is 4.79 Å². The fourth-order valence-electron chi connectivity index (χ4n) is 3.44. The van der Waals surface area contributed by atoms with Crippen molar-refractivity contribution in [2.45, 2.75) is 49.6 Å². The Morgan fingerprint density at radius 2 is 1.87 bits per heavy atom. The molecule has 1 aliphatic heterocycles. The van der Waals surface area contributed by atoms with E-state index < -0.39 is 5.25 Å². The van der Waals surface area contributed by atoms with E-state index in [2.05, 4.69) is 59.1 Å². The number of carbonyl (C=O) groups is 1. The van der Waals surface area contributed by atoms with Crippen molar-refractivity contribution < 1.29 is 4.79 Å². The Kier molecular flexibility index (Phi) is 6.29. The van der Waals surface area contributed by atoms with Crippen molar-refractivity contribution in [2.75, 3.05) is 10.7 Å². The first-order valence-corrected chi connectivity index (χ1v) is 11.4. The molecule has 2 aromatic carbocycles. The minimum Gasteiger partial charge on any atom is -0.325 e. The van der Waals surface area contributed by atoms with Gasteiger partial charge in [0.1, 0.15) is 5.25 Å². The third-order valence-corrected chi connectivity index (χ3v) is 6.56. The maximum atomic E-state index is 13.2. The van der Waals surface area contributed by atoms with Crippen LogP contribution in [0.2, 0.25) is 5.02 Å². The van der Waals surface area contributed by atoms with E-state index in [4.69, 9.17) is 11.6 Å². The molecule has 4 rings (SSSR count). The number of nitrogens with zero attached hydrogens (tertiary/aromatic N) is 3. The highest BCUT2D eigenvalue weighted by Crippen LogP contribution is 2.37. The summed E-state index contributed by atoms with van der Waals surface area (Å²) in [5.41, 5.74) is 6.53. The predicted octanol–water partition coefficient (Wildman–Crippen LogP) is 4.84. The number of aryl methyl sites for hydroxylation is 2. The lowest BCUT2D eigenvalue weighted by Gasteiger charge is -2.33. The topological polar surface area (TPSA) is 71.8 Å². The predicted molar refractivity (Wildman–Crippen MR) is 122 cm³/mol. The molecule has 1 aromatic heterocycles. The lowest BCUT2D eigenvalue weighted by molar-refractivity contribution is -0.116. The number of hydrogen-bond donors (Lipinski definition) is 2. The molecule has 0 spiro atoms. The van der Waals surface area contributed by atoms with E-state index in [1.54, 1.807) is 24.3 Å². The van der Waals surface area contributed by atoms with Gasteiger partial charge >= 0.3 is 0 Å². The summed E-state index contributed by atoms with van der Waals surface area (Å²) in [6.07, 6.45) is 2.77. The molecule has 2 N–H and O–H groups in total. The summed E-state index contributed by atoms with van der Waals surface area (Å²) in [6, 6.07) is 15.3. The number of benzene rings is 2. The average Bonchev–Trinajstić information content (AvgIpc) is 3.16. The van der Waals surface area contributed by atoms with Crippen molar-refractivity contribution in [3.63, 3.8) is 0 Å². The molecule has 0 saturated carbocycles. The highest BCUT2D eigenvalue weighted by molar-refractivity contribution is 8.00. The van der Waals surface area contributed by atoms with E-state index in [0.717, 1.165) is 30.7 Å². The van der Waals surface area contributed by atoms with Crippen LogP contribution in [0.3, 0.4) is 0 Å². The fourth-order valence-corrected chi connectivity index (χ4v) is 4.67. The van der Waals surface area contributed by atoms with Crippen LogP contribution < -0.4 is 10.7 Å². The maximum Gasteiger partial charge on any atom is 0.240 e. The number of thioether (sulfide) groups is 1. The van der Waals surface area contributed by atoms with Crippen LogP contribution in [0.25, 0.3) is 0 Å². The molecule has 0 bridgehead atoms. The van der Waals surface area contributed by atoms with Crippen LogP contribution in [0, 0.1) is 0 Å². The molecule has 156 valence electrons. The molecule has 2 heterocycles. The minimum atomic E-state index is -0.403. The molecule has 30 heavy (non-hydrogen) atoms. The molecule has 0 saturated heterocycles. The summed E-state index contributed by atoms with van der Waals surface area (Å²) in [4.78, 5) is 13.2. The van der Waals surface area contributed by atoms with Gasteiger partial charge in [0.2, 0.25) is 11.1 Å². The van der Waals surface area contributed by atoms with Crippen LogP contribution in [-0.2, 0) is 17.6 Å². The Hall–Kier alpha value is -2.51. The Labute approximate surface area is 185 Å². The quantitative estimate of drug-likeness (QED) is 0.572. The number of carbonyl (C=O) groups excluding carboxylic acids is 1. The molecule has 6 nitrogen and oxygen atoms in total. The fraction of sp³-hybridized carbons (Fsp3) is 0.318. The Balaban J connectivity index is 1.65. The van der Waals surface area contributed by atoms with Gasteiger partial charge in [0, 0.05) is 17.1 Å². The van der Waals surface area contributed by atoms with Gasteiger partial charge in [0.05, 0.1) is 6.04 Å². The zero-order valence-corrected chi connectivity index (χ0v) is 18.5. The summed E-state index contributed by atoms with van der Waals surface area (Å²) >= 11 is 7.40. The van der Waals surface area contributed by atoms with Crippen LogP contribution in [0.15, 0.2) is 53.7 Å². The van der Waals surface area contributed by atoms with Crippen molar-refractivity contribution in [3.05, 3.63) is 70.5 Å². The van der Waals surface area contributed by atoms with Crippen LogP contribution in [-0.4, -0.2) is 26.0 Å². The van der Waals surface area contributed by atoms with Crippen LogP contribution in [0.1, 0.15) is 43.3 Å². The van der Waals surface area contributed by atoms with Crippen LogP contribution in [0.4, 0.5) is 5.69 Å². The number of aromatic nitrogens is 3. The molecule has 1 aliphatic rings. The number of amides is 1. The molecule has 8 heteroatoms. The lowest BCUT2D eigenvalue weighted by atomic mass is 10.0. The monoisotopic (exact) mass is 441 g/mol. The SMILES string of the molecule is CCCc1nnc2n1N[C@H](c1ccc(CC)cc1)[C@H](C(=O)Nc1ccc(Cl)cc1)S2. The average molecular weight is 442 g/mol. The smallest absolute Gasteiger partial charge is 0.240 e. The lowest BCUT2D eigenvalue weighted by Crippen LogP contribution is -2.41. The third-order valence-electron chi connectivity index (χ3n) is 5.09. The summed E-state index contributed by atoms with van der Waals surface area (Å²) < 4.78 is 1.93. The summed E-state index contributed by atoms with van der Waals surface area (Å²) in [5, 5.41) is 12.6. The molecule has 0 unspecified atom stereocenters. The third kappa shape index (κ3) is 4.32. The summed E-state index contributed by atoms with van der Waals surface area (Å²) in [6.45, 7) is 4.24. The first-order valence-electron chi connectivity index (χ1n) is 10.1. The van der Waals surface area contributed by atoms with Crippen molar-refractivity contribution in [2.24, 2.45) is 0 Å². The first-order chi connectivity index (χ1) is 14.6. The number of nitrogens with one attached hydrogen (secondary N) is 2.